The Kier molecular flexibility index (Phi) is 5.62. The summed E-state index contributed by atoms with van der Waals surface area (Å²) in [5, 5.41) is 20.5. The van der Waals surface area contributed by atoms with Crippen LogP contribution >= 0.6 is 45.2 Å². The number of hydrogen-bond donors (Lipinski definition) is 1. The molecule has 1 N–H and O–H groups in total. The molecule has 2 aromatic carbocycles. The van der Waals surface area contributed by atoms with E-state index in [9.17, 15) is 19.8 Å². The first-order valence-corrected chi connectivity index (χ1v) is 8.19. The van der Waals surface area contributed by atoms with Crippen molar-refractivity contribution in [3.8, 4) is 5.75 Å². The van der Waals surface area contributed by atoms with E-state index in [1.807, 2.05) is 45.2 Å². The van der Waals surface area contributed by atoms with Crippen LogP contribution in [0.4, 0.5) is 0 Å². The number of carbonyl (C=O) groups excluding carboxylic acids is 2. The Bertz CT molecular complexity index is 719. The Labute approximate surface area is 153 Å². The molecule has 0 fully saturated rings. The van der Waals surface area contributed by atoms with Gasteiger partial charge in [0, 0.05) is 0 Å². The molecule has 0 spiro atoms. The molecule has 0 radical (unpaired) electrons. The molecule has 0 saturated carbocycles. The van der Waals surface area contributed by atoms with Gasteiger partial charge in [0.2, 0.25) is 0 Å². The highest BCUT2D eigenvalue weighted by molar-refractivity contribution is 14.1. The normalized spacial score (nSPS) is 10.3. The van der Waals surface area contributed by atoms with E-state index in [0.717, 1.165) is 5.56 Å². The number of esters is 1. The SMILES string of the molecule is O=C([O-])c1cccc(C(=O)OCc2cc(I)c(O)c(I)c2)c1. The van der Waals surface area contributed by atoms with Gasteiger partial charge in [-0.2, -0.15) is 0 Å². The maximum atomic E-state index is 11.9. The Morgan fingerprint density at radius 1 is 1.09 bits per heavy atom. The fraction of sp³-hybridized carbons (Fsp3) is 0.0667. The highest BCUT2D eigenvalue weighted by atomic mass is 127. The number of phenols is 1. The van der Waals surface area contributed by atoms with E-state index in [4.69, 9.17) is 4.74 Å². The Hall–Kier alpha value is -1.36. The predicted octanol–water partition coefficient (Wildman–Crippen LogP) is 2.32. The largest absolute Gasteiger partial charge is 0.545 e. The highest BCUT2D eigenvalue weighted by Gasteiger charge is 2.11. The average Bonchev–Trinajstić information content (AvgIpc) is 2.50. The summed E-state index contributed by atoms with van der Waals surface area (Å²) < 4.78 is 6.48. The summed E-state index contributed by atoms with van der Waals surface area (Å²) in [5.74, 6) is -1.78. The van der Waals surface area contributed by atoms with Crippen LogP contribution in [0.25, 0.3) is 0 Å². The van der Waals surface area contributed by atoms with Gasteiger partial charge >= 0.3 is 5.97 Å². The fourth-order valence-corrected chi connectivity index (χ4v) is 3.60. The standard InChI is InChI=1S/C15H10I2O5/c16-11-4-8(5-12(17)13(11)18)7-22-15(21)10-3-1-2-9(6-10)14(19)20/h1-6,18H,7H2,(H,19,20)/p-1. The summed E-state index contributed by atoms with van der Waals surface area (Å²) in [6.07, 6.45) is 0. The Morgan fingerprint density at radius 2 is 1.68 bits per heavy atom. The maximum Gasteiger partial charge on any atom is 0.338 e. The van der Waals surface area contributed by atoms with Crippen molar-refractivity contribution in [2.24, 2.45) is 0 Å². The Morgan fingerprint density at radius 3 is 2.27 bits per heavy atom. The topological polar surface area (TPSA) is 86.7 Å². The summed E-state index contributed by atoms with van der Waals surface area (Å²) in [7, 11) is 0. The molecule has 0 aliphatic carbocycles. The first-order valence-electron chi connectivity index (χ1n) is 6.04. The molecule has 0 atom stereocenters. The second kappa shape index (κ2) is 7.27. The lowest BCUT2D eigenvalue weighted by atomic mass is 10.1. The Balaban J connectivity index is 2.10. The fourth-order valence-electron chi connectivity index (χ4n) is 1.71. The third-order valence-electron chi connectivity index (χ3n) is 2.78. The molecule has 0 aliphatic heterocycles. The van der Waals surface area contributed by atoms with Gasteiger partial charge in [0.25, 0.3) is 0 Å². The molecule has 22 heavy (non-hydrogen) atoms. The average molecular weight is 523 g/mol. The number of benzene rings is 2. The predicted molar refractivity (Wildman–Crippen MR) is 93.4 cm³/mol. The first kappa shape index (κ1) is 17.0. The van der Waals surface area contributed by atoms with Crippen LogP contribution in [0.2, 0.25) is 0 Å². The van der Waals surface area contributed by atoms with Gasteiger partial charge in [-0.15, -0.1) is 0 Å². The number of carbonyl (C=O) groups is 2. The molecule has 5 nitrogen and oxygen atoms in total. The molecule has 0 bridgehead atoms. The van der Waals surface area contributed by atoms with Crippen LogP contribution in [-0.2, 0) is 11.3 Å². The van der Waals surface area contributed by atoms with Gasteiger partial charge in [0.05, 0.1) is 18.7 Å². The lowest BCUT2D eigenvalue weighted by Gasteiger charge is -2.09. The highest BCUT2D eigenvalue weighted by Crippen LogP contribution is 2.27. The van der Waals surface area contributed by atoms with Crippen LogP contribution in [0.15, 0.2) is 36.4 Å². The lowest BCUT2D eigenvalue weighted by molar-refractivity contribution is -0.255. The van der Waals surface area contributed by atoms with Crippen molar-refractivity contribution < 1.29 is 24.5 Å². The van der Waals surface area contributed by atoms with Crippen molar-refractivity contribution in [2.45, 2.75) is 6.61 Å². The van der Waals surface area contributed by atoms with Crippen molar-refractivity contribution in [3.63, 3.8) is 0 Å². The van der Waals surface area contributed by atoms with Gasteiger partial charge in [-0.25, -0.2) is 4.79 Å². The van der Waals surface area contributed by atoms with Gasteiger partial charge in [-0.3, -0.25) is 0 Å². The zero-order valence-electron chi connectivity index (χ0n) is 11.0. The number of aromatic carboxylic acids is 1. The minimum Gasteiger partial charge on any atom is -0.545 e. The number of carboxylic acids is 1. The molecule has 114 valence electrons. The van der Waals surface area contributed by atoms with E-state index in [0.29, 0.717) is 7.14 Å². The number of ether oxygens (including phenoxy) is 1. The smallest absolute Gasteiger partial charge is 0.338 e. The molecule has 0 aromatic heterocycles. The van der Waals surface area contributed by atoms with Gasteiger partial charge in [-0.1, -0.05) is 12.1 Å². The molecular weight excluding hydrogens is 514 g/mol. The minimum atomic E-state index is -1.35. The second-order valence-corrected chi connectivity index (χ2v) is 6.68. The molecule has 0 unspecified atom stereocenters. The van der Waals surface area contributed by atoms with Gasteiger partial charge in [0.15, 0.2) is 0 Å². The van der Waals surface area contributed by atoms with Gasteiger partial charge in [0.1, 0.15) is 12.4 Å². The van der Waals surface area contributed by atoms with E-state index < -0.39 is 11.9 Å². The number of hydrogen-bond acceptors (Lipinski definition) is 5. The first-order chi connectivity index (χ1) is 10.4. The minimum absolute atomic E-state index is 0.0284. The molecule has 0 heterocycles. The second-order valence-electron chi connectivity index (χ2n) is 4.35. The van der Waals surface area contributed by atoms with Crippen LogP contribution in [-0.4, -0.2) is 17.0 Å². The van der Waals surface area contributed by atoms with Crippen LogP contribution in [0.3, 0.4) is 0 Å². The number of aromatic hydroxyl groups is 1. The summed E-state index contributed by atoms with van der Waals surface area (Å²) in [4.78, 5) is 22.7. The number of phenolic OH excluding ortho intramolecular Hbond substituents is 1. The van der Waals surface area contributed by atoms with Crippen LogP contribution in [0, 0.1) is 7.14 Å². The number of carboxylic acid groups (broad SMARTS) is 1. The van der Waals surface area contributed by atoms with Crippen molar-refractivity contribution in [2.75, 3.05) is 0 Å². The van der Waals surface area contributed by atoms with E-state index in [1.54, 1.807) is 12.1 Å². The zero-order chi connectivity index (χ0) is 16.3. The van der Waals surface area contributed by atoms with E-state index in [-0.39, 0.29) is 23.5 Å². The zero-order valence-corrected chi connectivity index (χ0v) is 15.3. The molecule has 0 amide bonds. The van der Waals surface area contributed by atoms with Crippen molar-refractivity contribution in [1.29, 1.82) is 0 Å². The third-order valence-corrected chi connectivity index (χ3v) is 4.43. The summed E-state index contributed by atoms with van der Waals surface area (Å²) >= 11 is 3.98. The molecule has 7 heteroatoms. The van der Waals surface area contributed by atoms with Crippen LogP contribution in [0.1, 0.15) is 26.3 Å². The van der Waals surface area contributed by atoms with Crippen molar-refractivity contribution in [3.05, 3.63) is 60.2 Å². The lowest BCUT2D eigenvalue weighted by Crippen LogP contribution is -2.22. The number of rotatable bonds is 4. The molecular formula is C15H9I2O5-. The summed E-state index contributed by atoms with van der Waals surface area (Å²) in [6.45, 7) is 0.0284. The maximum absolute atomic E-state index is 11.9. The van der Waals surface area contributed by atoms with Gasteiger partial charge < -0.3 is 19.7 Å². The molecule has 0 aliphatic rings. The number of halogens is 2. The van der Waals surface area contributed by atoms with Crippen LogP contribution < -0.4 is 5.11 Å². The quantitative estimate of drug-likeness (QED) is 0.492. The van der Waals surface area contributed by atoms with E-state index in [2.05, 4.69) is 0 Å². The monoisotopic (exact) mass is 523 g/mol. The molecule has 0 saturated heterocycles. The van der Waals surface area contributed by atoms with Crippen molar-refractivity contribution >= 4 is 57.1 Å². The third kappa shape index (κ3) is 4.09. The van der Waals surface area contributed by atoms with Gasteiger partial charge in [-0.05, 0) is 80.6 Å². The van der Waals surface area contributed by atoms with Crippen molar-refractivity contribution in [1.82, 2.24) is 0 Å². The van der Waals surface area contributed by atoms with E-state index >= 15 is 0 Å². The summed E-state index contributed by atoms with van der Waals surface area (Å²) in [5.41, 5.74) is 0.795. The molecule has 2 aromatic rings. The molecule has 2 rings (SSSR count). The van der Waals surface area contributed by atoms with E-state index in [1.165, 1.54) is 24.3 Å². The summed E-state index contributed by atoms with van der Waals surface area (Å²) in [6, 6.07) is 8.90. The van der Waals surface area contributed by atoms with Crippen LogP contribution in [0.5, 0.6) is 5.75 Å².